The lowest BCUT2D eigenvalue weighted by molar-refractivity contribution is 0.0958. The number of methoxy groups -OCH3 is 1. The maximum Gasteiger partial charge on any atom is 0.194 e. The summed E-state index contributed by atoms with van der Waals surface area (Å²) in [6.07, 6.45) is 1.62. The van der Waals surface area contributed by atoms with Gasteiger partial charge in [-0.2, -0.15) is 0 Å². The average molecular weight is 254 g/mol. The van der Waals surface area contributed by atoms with Crippen LogP contribution in [0.25, 0.3) is 0 Å². The van der Waals surface area contributed by atoms with Crippen LogP contribution >= 0.6 is 0 Å². The van der Waals surface area contributed by atoms with Gasteiger partial charge in [-0.05, 0) is 23.8 Å². The third-order valence-electron chi connectivity index (χ3n) is 3.37. The molecule has 2 aromatic rings. The number of ketones is 1. The number of fused-ring (bicyclic) bond motifs is 1. The Labute approximate surface area is 111 Å². The Morgan fingerprint density at radius 2 is 2.16 bits per heavy atom. The van der Waals surface area contributed by atoms with E-state index in [2.05, 4.69) is 10.3 Å². The monoisotopic (exact) mass is 254 g/mol. The second kappa shape index (κ2) is 4.72. The van der Waals surface area contributed by atoms with Crippen LogP contribution in [0.3, 0.4) is 0 Å². The van der Waals surface area contributed by atoms with Gasteiger partial charge >= 0.3 is 0 Å². The first-order valence-corrected chi connectivity index (χ1v) is 6.17. The maximum absolute atomic E-state index is 12.6. The summed E-state index contributed by atoms with van der Waals surface area (Å²) in [5.41, 5.74) is 2.45. The molecular weight excluding hydrogens is 240 g/mol. The zero-order valence-electron chi connectivity index (χ0n) is 10.6. The first-order valence-electron chi connectivity index (χ1n) is 6.17. The Morgan fingerprint density at radius 1 is 1.32 bits per heavy atom. The molecule has 0 saturated carbocycles. The molecule has 0 saturated heterocycles. The van der Waals surface area contributed by atoms with Crippen molar-refractivity contribution in [3.05, 3.63) is 53.9 Å². The van der Waals surface area contributed by atoms with Crippen molar-refractivity contribution in [2.24, 2.45) is 0 Å². The number of nitrogens with zero attached hydrogens (tertiary/aromatic N) is 1. The minimum absolute atomic E-state index is 0.00472. The van der Waals surface area contributed by atoms with Gasteiger partial charge in [0.25, 0.3) is 0 Å². The van der Waals surface area contributed by atoms with E-state index in [1.165, 1.54) is 0 Å². The van der Waals surface area contributed by atoms with Gasteiger partial charge in [-0.15, -0.1) is 0 Å². The number of aromatic nitrogens is 1. The molecule has 1 aromatic heterocycles. The van der Waals surface area contributed by atoms with Crippen LogP contribution in [0.5, 0.6) is 5.75 Å². The van der Waals surface area contributed by atoms with Gasteiger partial charge in [0.05, 0.1) is 13.0 Å². The fraction of sp³-hybridized carbons (Fsp3) is 0.200. The number of rotatable bonds is 3. The molecule has 0 bridgehead atoms. The van der Waals surface area contributed by atoms with E-state index in [1.54, 1.807) is 25.4 Å². The molecule has 1 atom stereocenters. The van der Waals surface area contributed by atoms with Crippen LogP contribution in [0, 0.1) is 0 Å². The van der Waals surface area contributed by atoms with Crippen LogP contribution in [0.15, 0.2) is 42.6 Å². The Bertz CT molecular complexity index is 625. The molecule has 4 heteroatoms. The highest BCUT2D eigenvalue weighted by atomic mass is 16.5. The Balaban J connectivity index is 1.98. The molecule has 1 aromatic carbocycles. The Kier molecular flexibility index (Phi) is 2.91. The second-order valence-corrected chi connectivity index (χ2v) is 4.44. The standard InChI is InChI=1S/C15H14N2O2/c1-19-13-7-4-8-16-14(13)15(18)11-9-17-12-6-3-2-5-10(11)12/h2-8,11,17H,9H2,1H3. The van der Waals surface area contributed by atoms with E-state index in [-0.39, 0.29) is 11.7 Å². The fourth-order valence-electron chi connectivity index (χ4n) is 2.42. The number of pyridine rings is 1. The van der Waals surface area contributed by atoms with Gasteiger partial charge in [-0.25, -0.2) is 4.98 Å². The van der Waals surface area contributed by atoms with Gasteiger partial charge in [-0.3, -0.25) is 4.79 Å². The summed E-state index contributed by atoms with van der Waals surface area (Å²) in [6.45, 7) is 0.609. The summed E-state index contributed by atoms with van der Waals surface area (Å²) < 4.78 is 5.21. The fourth-order valence-corrected chi connectivity index (χ4v) is 2.42. The predicted octanol–water partition coefficient (Wildman–Crippen LogP) is 2.48. The minimum Gasteiger partial charge on any atom is -0.494 e. The van der Waals surface area contributed by atoms with Crippen LogP contribution < -0.4 is 10.1 Å². The van der Waals surface area contributed by atoms with E-state index < -0.39 is 0 Å². The molecule has 1 aliphatic rings. The number of carbonyl (C=O) groups excluding carboxylic acids is 1. The molecule has 0 amide bonds. The maximum atomic E-state index is 12.6. The number of carbonyl (C=O) groups is 1. The molecule has 4 nitrogen and oxygen atoms in total. The third kappa shape index (κ3) is 1.95. The topological polar surface area (TPSA) is 51.2 Å². The van der Waals surface area contributed by atoms with E-state index in [0.717, 1.165) is 11.3 Å². The molecule has 96 valence electrons. The third-order valence-corrected chi connectivity index (χ3v) is 3.37. The van der Waals surface area contributed by atoms with E-state index in [4.69, 9.17) is 4.74 Å². The van der Waals surface area contributed by atoms with Gasteiger partial charge < -0.3 is 10.1 Å². The number of hydrogen-bond acceptors (Lipinski definition) is 4. The number of para-hydroxylation sites is 1. The molecule has 3 rings (SSSR count). The molecule has 1 aliphatic heterocycles. The first-order chi connectivity index (χ1) is 9.31. The lowest BCUT2D eigenvalue weighted by Gasteiger charge is -2.11. The van der Waals surface area contributed by atoms with Crippen molar-refractivity contribution in [1.29, 1.82) is 0 Å². The smallest absolute Gasteiger partial charge is 0.194 e. The summed E-state index contributed by atoms with van der Waals surface area (Å²) in [6, 6.07) is 11.4. The first kappa shape index (κ1) is 11.7. The lowest BCUT2D eigenvalue weighted by atomic mass is 9.94. The van der Waals surface area contributed by atoms with Gasteiger partial charge in [0.1, 0.15) is 11.4 Å². The molecule has 0 aliphatic carbocycles. The van der Waals surface area contributed by atoms with Crippen molar-refractivity contribution >= 4 is 11.5 Å². The summed E-state index contributed by atoms with van der Waals surface area (Å²) in [5, 5.41) is 3.25. The number of anilines is 1. The SMILES string of the molecule is COc1cccnc1C(=O)C1CNc2ccccc21. The molecule has 2 heterocycles. The summed E-state index contributed by atoms with van der Waals surface area (Å²) in [4.78, 5) is 16.8. The van der Waals surface area contributed by atoms with E-state index >= 15 is 0 Å². The second-order valence-electron chi connectivity index (χ2n) is 4.44. The van der Waals surface area contributed by atoms with Crippen molar-refractivity contribution in [3.8, 4) is 5.75 Å². The summed E-state index contributed by atoms with van der Waals surface area (Å²) in [7, 11) is 1.55. The number of hydrogen-bond donors (Lipinski definition) is 1. The molecule has 19 heavy (non-hydrogen) atoms. The molecule has 1 unspecified atom stereocenters. The lowest BCUT2D eigenvalue weighted by Crippen LogP contribution is -2.17. The zero-order valence-corrected chi connectivity index (χ0v) is 10.6. The summed E-state index contributed by atoms with van der Waals surface area (Å²) in [5.74, 6) is 0.326. The Hall–Kier alpha value is -2.36. The van der Waals surface area contributed by atoms with Crippen molar-refractivity contribution in [3.63, 3.8) is 0 Å². The zero-order chi connectivity index (χ0) is 13.2. The quantitative estimate of drug-likeness (QED) is 0.855. The molecule has 0 fully saturated rings. The van der Waals surface area contributed by atoms with Gasteiger partial charge in [0.2, 0.25) is 0 Å². The van der Waals surface area contributed by atoms with Gasteiger partial charge in [0, 0.05) is 18.4 Å². The van der Waals surface area contributed by atoms with Crippen molar-refractivity contribution in [2.75, 3.05) is 19.0 Å². The van der Waals surface area contributed by atoms with E-state index in [9.17, 15) is 4.79 Å². The van der Waals surface area contributed by atoms with E-state index in [0.29, 0.717) is 18.0 Å². The van der Waals surface area contributed by atoms with Crippen molar-refractivity contribution < 1.29 is 9.53 Å². The van der Waals surface area contributed by atoms with Crippen LogP contribution in [0.2, 0.25) is 0 Å². The molecule has 1 N–H and O–H groups in total. The number of ether oxygens (including phenoxy) is 1. The van der Waals surface area contributed by atoms with Crippen LogP contribution in [-0.4, -0.2) is 24.4 Å². The highest BCUT2D eigenvalue weighted by Gasteiger charge is 2.31. The molecule has 0 spiro atoms. The normalized spacial score (nSPS) is 16.6. The van der Waals surface area contributed by atoms with Gasteiger partial charge in [0.15, 0.2) is 5.78 Å². The summed E-state index contributed by atoms with van der Waals surface area (Å²) >= 11 is 0. The molecule has 0 radical (unpaired) electrons. The van der Waals surface area contributed by atoms with Gasteiger partial charge in [-0.1, -0.05) is 18.2 Å². The van der Waals surface area contributed by atoms with E-state index in [1.807, 2.05) is 24.3 Å². The van der Waals surface area contributed by atoms with Crippen LogP contribution in [-0.2, 0) is 0 Å². The minimum atomic E-state index is -0.194. The largest absolute Gasteiger partial charge is 0.494 e. The van der Waals surface area contributed by atoms with Crippen LogP contribution in [0.1, 0.15) is 22.0 Å². The highest BCUT2D eigenvalue weighted by molar-refractivity contribution is 6.03. The number of benzene rings is 1. The predicted molar refractivity (Wildman–Crippen MR) is 72.8 cm³/mol. The Morgan fingerprint density at radius 3 is 3.00 bits per heavy atom. The van der Waals surface area contributed by atoms with Crippen molar-refractivity contribution in [2.45, 2.75) is 5.92 Å². The van der Waals surface area contributed by atoms with Crippen molar-refractivity contribution in [1.82, 2.24) is 4.98 Å². The number of nitrogens with one attached hydrogen (secondary N) is 1. The molecular formula is C15H14N2O2. The highest BCUT2D eigenvalue weighted by Crippen LogP contribution is 2.34. The average Bonchev–Trinajstić information content (AvgIpc) is 2.90. The van der Waals surface area contributed by atoms with Crippen LogP contribution in [0.4, 0.5) is 5.69 Å². The number of Topliss-reactive ketones (excluding diaryl/α,β-unsaturated/α-hetero) is 1.